The lowest BCUT2D eigenvalue weighted by molar-refractivity contribution is -0.132. The zero-order valence-corrected chi connectivity index (χ0v) is 19.9. The van der Waals surface area contributed by atoms with E-state index < -0.39 is 0 Å². The van der Waals surface area contributed by atoms with E-state index in [1.165, 1.54) is 0 Å². The summed E-state index contributed by atoms with van der Waals surface area (Å²) >= 11 is 0. The van der Waals surface area contributed by atoms with Crippen molar-refractivity contribution in [2.24, 2.45) is 7.05 Å². The Morgan fingerprint density at radius 1 is 1.21 bits per heavy atom. The van der Waals surface area contributed by atoms with Crippen molar-refractivity contribution in [1.29, 1.82) is 0 Å². The van der Waals surface area contributed by atoms with Gasteiger partial charge in [-0.2, -0.15) is 0 Å². The monoisotopic (exact) mass is 453 g/mol. The van der Waals surface area contributed by atoms with Crippen molar-refractivity contribution < 1.29 is 18.7 Å². The summed E-state index contributed by atoms with van der Waals surface area (Å²) in [7, 11) is 3.45. The molecule has 3 aromatic heterocycles. The van der Waals surface area contributed by atoms with Crippen LogP contribution in [-0.2, 0) is 18.3 Å². The van der Waals surface area contributed by atoms with Crippen LogP contribution in [0.4, 0.5) is 0 Å². The van der Waals surface area contributed by atoms with Gasteiger partial charge in [-0.3, -0.25) is 9.59 Å². The van der Waals surface area contributed by atoms with E-state index >= 15 is 0 Å². The van der Waals surface area contributed by atoms with E-state index in [2.05, 4.69) is 10.4 Å². The van der Waals surface area contributed by atoms with Crippen LogP contribution >= 0.6 is 0 Å². The topological polar surface area (TPSA) is 102 Å². The molecule has 33 heavy (non-hydrogen) atoms. The largest absolute Gasteiger partial charge is 0.479 e. The third-order valence-corrected chi connectivity index (χ3v) is 6.45. The quantitative estimate of drug-likeness (QED) is 0.616. The van der Waals surface area contributed by atoms with E-state index in [1.807, 2.05) is 32.7 Å². The summed E-state index contributed by atoms with van der Waals surface area (Å²) in [5.74, 6) is 1.51. The van der Waals surface area contributed by atoms with Crippen molar-refractivity contribution in [2.75, 3.05) is 20.2 Å². The third-order valence-electron chi connectivity index (χ3n) is 6.45. The number of pyridine rings is 1. The van der Waals surface area contributed by atoms with Gasteiger partial charge in [0.15, 0.2) is 11.4 Å². The van der Waals surface area contributed by atoms with Crippen molar-refractivity contribution in [3.63, 3.8) is 0 Å². The van der Waals surface area contributed by atoms with Gasteiger partial charge in [0.25, 0.3) is 5.91 Å². The van der Waals surface area contributed by atoms with Gasteiger partial charge in [0, 0.05) is 38.3 Å². The van der Waals surface area contributed by atoms with Crippen LogP contribution in [0.1, 0.15) is 52.4 Å². The van der Waals surface area contributed by atoms with Crippen LogP contribution in [0.5, 0.6) is 5.88 Å². The van der Waals surface area contributed by atoms with Crippen LogP contribution < -0.4 is 10.1 Å². The molecule has 1 aliphatic heterocycles. The van der Waals surface area contributed by atoms with E-state index in [1.54, 1.807) is 23.9 Å². The van der Waals surface area contributed by atoms with Gasteiger partial charge in [0.05, 0.1) is 12.5 Å². The molecular weight excluding hydrogens is 422 g/mol. The number of carbonyl (C=O) groups excluding carboxylic acids is 2. The minimum atomic E-state index is -0.201. The van der Waals surface area contributed by atoms with Gasteiger partial charge < -0.3 is 19.4 Å². The van der Waals surface area contributed by atoms with Crippen molar-refractivity contribution in [2.45, 2.75) is 52.5 Å². The summed E-state index contributed by atoms with van der Waals surface area (Å²) in [6, 6.07) is 3.50. The maximum atomic E-state index is 12.9. The highest BCUT2D eigenvalue weighted by atomic mass is 16.5. The van der Waals surface area contributed by atoms with Crippen LogP contribution in [0.15, 0.2) is 16.5 Å². The first-order valence-corrected chi connectivity index (χ1v) is 11.3. The number of aryl methyl sites for hydroxylation is 4. The van der Waals surface area contributed by atoms with Crippen LogP contribution in [-0.4, -0.2) is 57.7 Å². The predicted molar refractivity (Wildman–Crippen MR) is 123 cm³/mol. The lowest BCUT2D eigenvalue weighted by Gasteiger charge is -2.32. The highest BCUT2D eigenvalue weighted by Gasteiger charge is 2.25. The molecule has 9 heteroatoms. The second kappa shape index (κ2) is 9.25. The van der Waals surface area contributed by atoms with E-state index in [0.717, 1.165) is 40.7 Å². The number of carbonyl (C=O) groups is 2. The molecule has 0 aliphatic carbocycles. The second-order valence-electron chi connectivity index (χ2n) is 8.67. The number of hydrogen-bond acceptors (Lipinski definition) is 6. The third kappa shape index (κ3) is 4.58. The van der Waals surface area contributed by atoms with Crippen LogP contribution in [0.25, 0.3) is 11.0 Å². The Bertz CT molecular complexity index is 1190. The fraction of sp³-hybridized carbons (Fsp3) is 0.500. The highest BCUT2D eigenvalue weighted by Crippen LogP contribution is 2.30. The molecule has 0 aromatic carbocycles. The molecule has 1 N–H and O–H groups in total. The minimum absolute atomic E-state index is 0.0427. The SMILES string of the molecule is COc1nn(C)c2nc(C)c(CCC(=O)N3CCC(NC(=O)c4ccc(C)o4)CC3)c(C)c12. The molecular formula is C24H31N5O4. The van der Waals surface area contributed by atoms with Gasteiger partial charge in [0.2, 0.25) is 11.8 Å². The molecule has 0 spiro atoms. The van der Waals surface area contributed by atoms with Gasteiger partial charge in [-0.15, -0.1) is 5.10 Å². The smallest absolute Gasteiger partial charge is 0.287 e. The lowest BCUT2D eigenvalue weighted by Crippen LogP contribution is -2.46. The number of hydrogen-bond donors (Lipinski definition) is 1. The number of aromatic nitrogens is 3. The van der Waals surface area contributed by atoms with Crippen molar-refractivity contribution >= 4 is 22.8 Å². The van der Waals surface area contributed by atoms with Gasteiger partial charge >= 0.3 is 0 Å². The van der Waals surface area contributed by atoms with E-state index in [9.17, 15) is 9.59 Å². The Hall–Kier alpha value is -3.36. The number of nitrogens with one attached hydrogen (secondary N) is 1. The van der Waals surface area contributed by atoms with Gasteiger partial charge in [-0.05, 0) is 63.3 Å². The van der Waals surface area contributed by atoms with Crippen molar-refractivity contribution in [3.05, 3.63) is 40.5 Å². The first-order valence-electron chi connectivity index (χ1n) is 11.3. The Labute approximate surface area is 193 Å². The molecule has 1 fully saturated rings. The van der Waals surface area contributed by atoms with Crippen molar-refractivity contribution in [1.82, 2.24) is 25.0 Å². The number of ether oxygens (including phenoxy) is 1. The van der Waals surface area contributed by atoms with Gasteiger partial charge in [-0.1, -0.05) is 0 Å². The fourth-order valence-corrected chi connectivity index (χ4v) is 4.58. The standard InChI is InChI=1S/C24H31N5O4/c1-14-6-8-19(33-14)23(31)26-17-10-12-29(13-11-17)20(30)9-7-18-15(2)21-22(25-16(18)3)28(4)27-24(21)32-5/h6,8,17H,7,9-13H2,1-5H3,(H,26,31). The highest BCUT2D eigenvalue weighted by molar-refractivity contribution is 5.91. The van der Waals surface area contributed by atoms with Crippen molar-refractivity contribution in [3.8, 4) is 5.88 Å². The van der Waals surface area contributed by atoms with E-state index in [0.29, 0.717) is 43.3 Å². The Balaban J connectivity index is 1.34. The zero-order chi connectivity index (χ0) is 23.7. The van der Waals surface area contributed by atoms with Crippen LogP contribution in [0.2, 0.25) is 0 Å². The number of methoxy groups -OCH3 is 1. The van der Waals surface area contributed by atoms with E-state index in [4.69, 9.17) is 14.1 Å². The number of fused-ring (bicyclic) bond motifs is 1. The number of likely N-dealkylation sites (tertiary alicyclic amines) is 1. The summed E-state index contributed by atoms with van der Waals surface area (Å²) in [6.45, 7) is 7.08. The molecule has 1 saturated heterocycles. The fourth-order valence-electron chi connectivity index (χ4n) is 4.58. The summed E-state index contributed by atoms with van der Waals surface area (Å²) in [5, 5.41) is 8.30. The number of rotatable bonds is 6. The minimum Gasteiger partial charge on any atom is -0.479 e. The average Bonchev–Trinajstić information content (AvgIpc) is 3.37. The zero-order valence-electron chi connectivity index (χ0n) is 19.9. The molecule has 4 heterocycles. The molecule has 2 amide bonds. The van der Waals surface area contributed by atoms with Gasteiger partial charge in [0.1, 0.15) is 5.76 Å². The molecule has 3 aromatic rings. The number of furan rings is 1. The molecule has 4 rings (SSSR count). The summed E-state index contributed by atoms with van der Waals surface area (Å²) < 4.78 is 12.5. The normalized spacial score (nSPS) is 14.6. The van der Waals surface area contributed by atoms with E-state index in [-0.39, 0.29) is 17.9 Å². The lowest BCUT2D eigenvalue weighted by atomic mass is 9.99. The molecule has 176 valence electrons. The number of piperidine rings is 1. The summed E-state index contributed by atoms with van der Waals surface area (Å²) in [4.78, 5) is 31.8. The second-order valence-corrected chi connectivity index (χ2v) is 8.67. The molecule has 0 unspecified atom stereocenters. The Morgan fingerprint density at radius 2 is 1.94 bits per heavy atom. The average molecular weight is 454 g/mol. The molecule has 0 radical (unpaired) electrons. The summed E-state index contributed by atoms with van der Waals surface area (Å²) in [6.07, 6.45) is 2.50. The maximum absolute atomic E-state index is 12.9. The van der Waals surface area contributed by atoms with Crippen LogP contribution in [0, 0.1) is 20.8 Å². The Kier molecular flexibility index (Phi) is 6.40. The Morgan fingerprint density at radius 3 is 2.58 bits per heavy atom. The molecule has 0 saturated carbocycles. The predicted octanol–water partition coefficient (Wildman–Crippen LogP) is 2.85. The number of nitrogens with zero attached hydrogens (tertiary/aromatic N) is 4. The number of amides is 2. The first-order chi connectivity index (χ1) is 15.8. The van der Waals surface area contributed by atoms with Crippen LogP contribution in [0.3, 0.4) is 0 Å². The molecule has 1 aliphatic rings. The molecule has 9 nitrogen and oxygen atoms in total. The molecule has 0 atom stereocenters. The summed E-state index contributed by atoms with van der Waals surface area (Å²) in [5.41, 5.74) is 3.82. The molecule has 0 bridgehead atoms. The van der Waals surface area contributed by atoms with Gasteiger partial charge in [-0.25, -0.2) is 9.67 Å². The maximum Gasteiger partial charge on any atom is 0.287 e. The first kappa shape index (κ1) is 22.8.